The molecule has 1 aromatic heterocycles. The van der Waals surface area contributed by atoms with Gasteiger partial charge in [-0.2, -0.15) is 0 Å². The van der Waals surface area contributed by atoms with Crippen molar-refractivity contribution in [2.24, 2.45) is 11.7 Å². The molecular weight excluding hydrogens is 264 g/mol. The molecule has 0 spiro atoms. The van der Waals surface area contributed by atoms with Gasteiger partial charge >= 0.3 is 0 Å². The van der Waals surface area contributed by atoms with Crippen LogP contribution in [0.15, 0.2) is 24.3 Å². The lowest BCUT2D eigenvalue weighted by molar-refractivity contribution is -0.121. The summed E-state index contributed by atoms with van der Waals surface area (Å²) in [6, 6.07) is 7.77. The number of hydrogen-bond acceptors (Lipinski definition) is 3. The first-order valence-electron chi connectivity index (χ1n) is 7.51. The summed E-state index contributed by atoms with van der Waals surface area (Å²) in [5, 5.41) is 3.24. The van der Waals surface area contributed by atoms with Crippen LogP contribution in [0.1, 0.15) is 33.0 Å². The van der Waals surface area contributed by atoms with Gasteiger partial charge in [-0.1, -0.05) is 32.9 Å². The van der Waals surface area contributed by atoms with E-state index in [2.05, 4.69) is 27.9 Å². The topological polar surface area (TPSA) is 72.9 Å². The van der Waals surface area contributed by atoms with Gasteiger partial charge in [0.05, 0.1) is 23.6 Å². The van der Waals surface area contributed by atoms with Crippen molar-refractivity contribution in [2.75, 3.05) is 0 Å². The second-order valence-corrected chi connectivity index (χ2v) is 5.67. The van der Waals surface area contributed by atoms with Gasteiger partial charge in [0.15, 0.2) is 0 Å². The zero-order valence-electron chi connectivity index (χ0n) is 13.0. The number of para-hydroxylation sites is 2. The van der Waals surface area contributed by atoms with E-state index in [4.69, 9.17) is 5.73 Å². The van der Waals surface area contributed by atoms with E-state index in [1.54, 1.807) is 0 Å². The number of hydrogen-bond donors (Lipinski definition) is 2. The maximum Gasteiger partial charge on any atom is 0.234 e. The molecule has 2 aromatic rings. The molecule has 0 saturated carbocycles. The highest BCUT2D eigenvalue weighted by Gasteiger charge is 2.20. The standard InChI is InChI=1S/C16H24N4O/c1-4-9-20-13-8-6-5-7-12(13)19-14(20)10-18-15(11(2)3)16(17)21/h5-8,11,15,18H,4,9-10H2,1-3H3,(H2,17,21). The number of carbonyl (C=O) groups is 1. The Bertz CT molecular complexity index is 618. The van der Waals surface area contributed by atoms with Gasteiger partial charge in [0.2, 0.25) is 5.91 Å². The van der Waals surface area contributed by atoms with Gasteiger partial charge in [-0.05, 0) is 24.5 Å². The molecule has 0 aliphatic carbocycles. The van der Waals surface area contributed by atoms with Crippen LogP contribution in [-0.2, 0) is 17.9 Å². The Morgan fingerprint density at radius 3 is 2.71 bits per heavy atom. The zero-order chi connectivity index (χ0) is 15.4. The molecule has 0 radical (unpaired) electrons. The van der Waals surface area contributed by atoms with E-state index in [1.165, 1.54) is 0 Å². The summed E-state index contributed by atoms with van der Waals surface area (Å²) < 4.78 is 2.21. The molecule has 3 N–H and O–H groups in total. The maximum atomic E-state index is 11.5. The largest absolute Gasteiger partial charge is 0.368 e. The van der Waals surface area contributed by atoms with Crippen molar-refractivity contribution in [1.29, 1.82) is 0 Å². The first-order valence-corrected chi connectivity index (χ1v) is 7.51. The Labute approximate surface area is 125 Å². The predicted octanol–water partition coefficient (Wildman–Crippen LogP) is 2.05. The zero-order valence-corrected chi connectivity index (χ0v) is 13.0. The fraction of sp³-hybridized carbons (Fsp3) is 0.500. The number of nitrogens with two attached hydrogens (primary N) is 1. The summed E-state index contributed by atoms with van der Waals surface area (Å²) in [6.45, 7) is 7.57. The monoisotopic (exact) mass is 288 g/mol. The van der Waals surface area contributed by atoms with Gasteiger partial charge in [0.1, 0.15) is 5.82 Å². The molecule has 0 aliphatic rings. The number of imidazole rings is 1. The predicted molar refractivity (Wildman–Crippen MR) is 84.7 cm³/mol. The Balaban J connectivity index is 2.25. The minimum atomic E-state index is -0.333. The Kier molecular flexibility index (Phi) is 4.96. The summed E-state index contributed by atoms with van der Waals surface area (Å²) in [5.74, 6) is 0.791. The molecule has 0 aliphatic heterocycles. The summed E-state index contributed by atoms with van der Waals surface area (Å²) in [5.41, 5.74) is 7.57. The minimum Gasteiger partial charge on any atom is -0.368 e. The number of fused-ring (bicyclic) bond motifs is 1. The summed E-state index contributed by atoms with van der Waals surface area (Å²) >= 11 is 0. The molecule has 2 rings (SSSR count). The van der Waals surface area contributed by atoms with Gasteiger partial charge in [0.25, 0.3) is 0 Å². The Hall–Kier alpha value is -1.88. The highest BCUT2D eigenvalue weighted by Crippen LogP contribution is 2.17. The number of nitrogens with zero attached hydrogens (tertiary/aromatic N) is 2. The average molecular weight is 288 g/mol. The lowest BCUT2D eigenvalue weighted by Gasteiger charge is -2.19. The van der Waals surface area contributed by atoms with Gasteiger partial charge in [-0.25, -0.2) is 4.98 Å². The van der Waals surface area contributed by atoms with Gasteiger partial charge in [0, 0.05) is 6.54 Å². The van der Waals surface area contributed by atoms with Crippen LogP contribution in [0.4, 0.5) is 0 Å². The first-order chi connectivity index (χ1) is 10.0. The van der Waals surface area contributed by atoms with Crippen molar-refractivity contribution in [3.63, 3.8) is 0 Å². The minimum absolute atomic E-state index is 0.159. The third-order valence-corrected chi connectivity index (χ3v) is 3.63. The second kappa shape index (κ2) is 6.72. The fourth-order valence-corrected chi connectivity index (χ4v) is 2.60. The number of aromatic nitrogens is 2. The molecule has 1 aromatic carbocycles. The van der Waals surface area contributed by atoms with Gasteiger partial charge in [-0.15, -0.1) is 0 Å². The number of benzene rings is 1. The van der Waals surface area contributed by atoms with Crippen molar-refractivity contribution in [3.8, 4) is 0 Å². The van der Waals surface area contributed by atoms with Crippen LogP contribution < -0.4 is 11.1 Å². The average Bonchev–Trinajstić information content (AvgIpc) is 2.77. The number of aryl methyl sites for hydroxylation is 1. The fourth-order valence-electron chi connectivity index (χ4n) is 2.60. The first kappa shape index (κ1) is 15.5. The van der Waals surface area contributed by atoms with E-state index in [0.717, 1.165) is 29.8 Å². The SMILES string of the molecule is CCCn1c(CNC(C(N)=O)C(C)C)nc2ccccc21. The molecule has 1 amide bonds. The molecule has 1 heterocycles. The molecule has 1 atom stereocenters. The Morgan fingerprint density at radius 1 is 1.38 bits per heavy atom. The van der Waals surface area contributed by atoms with Crippen LogP contribution in [0.5, 0.6) is 0 Å². The van der Waals surface area contributed by atoms with E-state index in [1.807, 2.05) is 32.0 Å². The molecule has 114 valence electrons. The van der Waals surface area contributed by atoms with E-state index in [0.29, 0.717) is 6.54 Å². The number of amides is 1. The molecular formula is C16H24N4O. The van der Waals surface area contributed by atoms with Crippen LogP contribution >= 0.6 is 0 Å². The van der Waals surface area contributed by atoms with Crippen LogP contribution in [0.2, 0.25) is 0 Å². The molecule has 5 heteroatoms. The number of primary amides is 1. The number of rotatable bonds is 7. The van der Waals surface area contributed by atoms with Crippen molar-refractivity contribution in [3.05, 3.63) is 30.1 Å². The third kappa shape index (κ3) is 3.42. The van der Waals surface area contributed by atoms with Crippen LogP contribution in [0.25, 0.3) is 11.0 Å². The number of carbonyl (C=O) groups excluding carboxylic acids is 1. The Morgan fingerprint density at radius 2 is 2.10 bits per heavy atom. The third-order valence-electron chi connectivity index (χ3n) is 3.63. The van der Waals surface area contributed by atoms with Crippen molar-refractivity contribution < 1.29 is 4.79 Å². The van der Waals surface area contributed by atoms with E-state index < -0.39 is 0 Å². The molecule has 21 heavy (non-hydrogen) atoms. The quantitative estimate of drug-likeness (QED) is 0.819. The van der Waals surface area contributed by atoms with Crippen LogP contribution in [0.3, 0.4) is 0 Å². The molecule has 5 nitrogen and oxygen atoms in total. The van der Waals surface area contributed by atoms with Crippen molar-refractivity contribution in [2.45, 2.75) is 46.3 Å². The maximum absolute atomic E-state index is 11.5. The van der Waals surface area contributed by atoms with Crippen molar-refractivity contribution in [1.82, 2.24) is 14.9 Å². The highest BCUT2D eigenvalue weighted by molar-refractivity contribution is 5.80. The molecule has 1 unspecified atom stereocenters. The van der Waals surface area contributed by atoms with Gasteiger partial charge in [-0.3, -0.25) is 10.1 Å². The summed E-state index contributed by atoms with van der Waals surface area (Å²) in [7, 11) is 0. The lowest BCUT2D eigenvalue weighted by atomic mass is 10.0. The van der Waals surface area contributed by atoms with E-state index in [-0.39, 0.29) is 17.9 Å². The van der Waals surface area contributed by atoms with E-state index >= 15 is 0 Å². The molecule has 0 saturated heterocycles. The smallest absolute Gasteiger partial charge is 0.234 e. The summed E-state index contributed by atoms with van der Waals surface area (Å²) in [4.78, 5) is 16.1. The second-order valence-electron chi connectivity index (χ2n) is 5.67. The molecule has 0 fully saturated rings. The van der Waals surface area contributed by atoms with Gasteiger partial charge < -0.3 is 10.3 Å². The van der Waals surface area contributed by atoms with Crippen LogP contribution in [-0.4, -0.2) is 21.5 Å². The summed E-state index contributed by atoms with van der Waals surface area (Å²) in [6.07, 6.45) is 1.04. The highest BCUT2D eigenvalue weighted by atomic mass is 16.1. The van der Waals surface area contributed by atoms with E-state index in [9.17, 15) is 4.79 Å². The normalized spacial score (nSPS) is 13.0. The lowest BCUT2D eigenvalue weighted by Crippen LogP contribution is -2.44. The molecule has 0 bridgehead atoms. The van der Waals surface area contributed by atoms with Crippen molar-refractivity contribution >= 4 is 16.9 Å². The van der Waals surface area contributed by atoms with Crippen LogP contribution in [0, 0.1) is 5.92 Å². The number of nitrogens with one attached hydrogen (secondary N) is 1.